The predicted molar refractivity (Wildman–Crippen MR) is 124 cm³/mol. The van der Waals surface area contributed by atoms with Crippen LogP contribution >= 0.6 is 0 Å². The molecular weight excluding hydrogens is 356 g/mol. The van der Waals surface area contributed by atoms with Crippen molar-refractivity contribution in [2.45, 2.75) is 84.7 Å². The van der Waals surface area contributed by atoms with Crippen LogP contribution in [0.5, 0.6) is 0 Å². The fourth-order valence-corrected chi connectivity index (χ4v) is 3.55. The largest absolute Gasteiger partial charge is 0.370 e. The predicted octanol–water partition coefficient (Wildman–Crippen LogP) is 7.64. The Hall–Kier alpha value is -1.93. The van der Waals surface area contributed by atoms with Crippen LogP contribution in [0.2, 0.25) is 0 Å². The van der Waals surface area contributed by atoms with Crippen molar-refractivity contribution in [2.24, 2.45) is 0 Å². The highest BCUT2D eigenvalue weighted by Gasteiger charge is 2.15. The van der Waals surface area contributed by atoms with Gasteiger partial charge in [-0.2, -0.15) is 0 Å². The molecule has 29 heavy (non-hydrogen) atoms. The summed E-state index contributed by atoms with van der Waals surface area (Å²) in [5, 5.41) is 0. The topological polar surface area (TPSA) is 26.3 Å². The molecule has 2 aromatic rings. The summed E-state index contributed by atoms with van der Waals surface area (Å²) < 4.78 is 5.73. The van der Waals surface area contributed by atoms with E-state index in [1.54, 1.807) is 0 Å². The second-order valence-electron chi connectivity index (χ2n) is 8.02. The zero-order valence-corrected chi connectivity index (χ0v) is 18.6. The minimum absolute atomic E-state index is 0.0643. The van der Waals surface area contributed by atoms with E-state index in [1.165, 1.54) is 56.1 Å². The van der Waals surface area contributed by atoms with Gasteiger partial charge in [0.15, 0.2) is 5.78 Å². The summed E-state index contributed by atoms with van der Waals surface area (Å²) in [4.78, 5) is 12.6. The fraction of sp³-hybridized carbons (Fsp3) is 0.519. The molecule has 0 aromatic heterocycles. The van der Waals surface area contributed by atoms with Crippen molar-refractivity contribution in [1.82, 2.24) is 0 Å². The van der Waals surface area contributed by atoms with Gasteiger partial charge in [0.25, 0.3) is 0 Å². The van der Waals surface area contributed by atoms with Crippen molar-refractivity contribution in [2.75, 3.05) is 6.61 Å². The normalized spacial score (nSPS) is 12.1. The quantitative estimate of drug-likeness (QED) is 0.243. The minimum Gasteiger partial charge on any atom is -0.370 e. The second kappa shape index (κ2) is 13.3. The highest BCUT2D eigenvalue weighted by Crippen LogP contribution is 2.22. The Balaban J connectivity index is 1.86. The monoisotopic (exact) mass is 394 g/mol. The van der Waals surface area contributed by atoms with Gasteiger partial charge in [-0.05, 0) is 42.9 Å². The van der Waals surface area contributed by atoms with E-state index >= 15 is 0 Å². The first kappa shape index (κ1) is 23.3. The maximum atomic E-state index is 12.6. The van der Waals surface area contributed by atoms with Gasteiger partial charge in [-0.1, -0.05) is 101 Å². The number of carbonyl (C=O) groups is 1. The number of aryl methyl sites for hydroxylation is 1. The molecule has 0 spiro atoms. The molecule has 1 unspecified atom stereocenters. The fourth-order valence-electron chi connectivity index (χ4n) is 3.55. The lowest BCUT2D eigenvalue weighted by Crippen LogP contribution is -2.21. The minimum atomic E-state index is -0.380. The molecular formula is C27H38O2. The van der Waals surface area contributed by atoms with E-state index in [-0.39, 0.29) is 11.9 Å². The first-order valence-corrected chi connectivity index (χ1v) is 11.5. The maximum absolute atomic E-state index is 12.6. The van der Waals surface area contributed by atoms with Crippen molar-refractivity contribution < 1.29 is 9.53 Å². The Morgan fingerprint density at radius 3 is 1.90 bits per heavy atom. The summed E-state index contributed by atoms with van der Waals surface area (Å²) in [7, 11) is 0. The average molecular weight is 395 g/mol. The molecule has 0 aliphatic rings. The van der Waals surface area contributed by atoms with Crippen LogP contribution in [0.4, 0.5) is 0 Å². The standard InChI is InChI=1S/C27H38O2/c1-4-6-8-10-12-23-13-15-24(16-14-23)25-17-19-26(20-18-25)27(28)22(3)29-21-11-9-7-5-2/h13-20,22H,4-12,21H2,1-3H3. The lowest BCUT2D eigenvalue weighted by molar-refractivity contribution is 0.0464. The molecule has 0 bridgehead atoms. The third-order valence-corrected chi connectivity index (χ3v) is 5.51. The Labute approximate surface area is 177 Å². The van der Waals surface area contributed by atoms with E-state index in [1.807, 2.05) is 31.2 Å². The van der Waals surface area contributed by atoms with Gasteiger partial charge in [-0.3, -0.25) is 4.79 Å². The molecule has 0 fully saturated rings. The molecule has 0 heterocycles. The number of carbonyl (C=O) groups excluding carboxylic acids is 1. The van der Waals surface area contributed by atoms with Gasteiger partial charge in [-0.15, -0.1) is 0 Å². The number of Topliss-reactive ketones (excluding diaryl/α,β-unsaturated/α-hetero) is 1. The summed E-state index contributed by atoms with van der Waals surface area (Å²) in [6, 6.07) is 16.8. The average Bonchev–Trinajstić information content (AvgIpc) is 2.76. The number of benzene rings is 2. The number of ketones is 1. The van der Waals surface area contributed by atoms with E-state index in [9.17, 15) is 4.79 Å². The summed E-state index contributed by atoms with van der Waals surface area (Å²) in [5.74, 6) is 0.0643. The summed E-state index contributed by atoms with van der Waals surface area (Å²) in [6.45, 7) is 6.96. The zero-order chi connectivity index (χ0) is 20.9. The zero-order valence-electron chi connectivity index (χ0n) is 18.6. The van der Waals surface area contributed by atoms with E-state index < -0.39 is 0 Å². The van der Waals surface area contributed by atoms with Crippen molar-refractivity contribution in [1.29, 1.82) is 0 Å². The van der Waals surface area contributed by atoms with Crippen LogP contribution in [-0.4, -0.2) is 18.5 Å². The smallest absolute Gasteiger partial charge is 0.191 e. The van der Waals surface area contributed by atoms with Crippen LogP contribution in [0.25, 0.3) is 11.1 Å². The number of ether oxygens (including phenoxy) is 1. The number of hydrogen-bond donors (Lipinski definition) is 0. The van der Waals surface area contributed by atoms with Gasteiger partial charge in [0, 0.05) is 12.2 Å². The Morgan fingerprint density at radius 1 is 0.759 bits per heavy atom. The third kappa shape index (κ3) is 8.14. The van der Waals surface area contributed by atoms with Crippen molar-refractivity contribution in [3.63, 3.8) is 0 Å². The number of rotatable bonds is 14. The third-order valence-electron chi connectivity index (χ3n) is 5.51. The van der Waals surface area contributed by atoms with Gasteiger partial charge in [-0.25, -0.2) is 0 Å². The lowest BCUT2D eigenvalue weighted by Gasteiger charge is -2.12. The molecule has 0 amide bonds. The van der Waals surface area contributed by atoms with Gasteiger partial charge >= 0.3 is 0 Å². The molecule has 2 aromatic carbocycles. The molecule has 0 saturated heterocycles. The summed E-state index contributed by atoms with van der Waals surface area (Å²) in [5.41, 5.74) is 4.47. The van der Waals surface area contributed by atoms with Crippen molar-refractivity contribution in [3.8, 4) is 11.1 Å². The molecule has 2 heteroatoms. The molecule has 2 rings (SSSR count). The van der Waals surface area contributed by atoms with Crippen LogP contribution in [0, 0.1) is 0 Å². The van der Waals surface area contributed by atoms with Gasteiger partial charge in [0.2, 0.25) is 0 Å². The molecule has 158 valence electrons. The van der Waals surface area contributed by atoms with E-state index in [2.05, 4.69) is 38.1 Å². The van der Waals surface area contributed by atoms with Crippen molar-refractivity contribution in [3.05, 3.63) is 59.7 Å². The highest BCUT2D eigenvalue weighted by atomic mass is 16.5. The molecule has 1 atom stereocenters. The summed E-state index contributed by atoms with van der Waals surface area (Å²) in [6.07, 6.45) is 10.6. The van der Waals surface area contributed by atoms with E-state index in [0.29, 0.717) is 6.61 Å². The SMILES string of the molecule is CCCCCCOC(C)C(=O)c1ccc(-c2ccc(CCCCCC)cc2)cc1. The van der Waals surface area contributed by atoms with Gasteiger partial charge < -0.3 is 4.74 Å². The van der Waals surface area contributed by atoms with Crippen molar-refractivity contribution >= 4 is 5.78 Å². The molecule has 0 aliphatic carbocycles. The Bertz CT molecular complexity index is 700. The van der Waals surface area contributed by atoms with Crippen LogP contribution in [-0.2, 0) is 11.2 Å². The number of hydrogen-bond acceptors (Lipinski definition) is 2. The van der Waals surface area contributed by atoms with Gasteiger partial charge in [0.1, 0.15) is 6.10 Å². The first-order valence-electron chi connectivity index (χ1n) is 11.5. The van der Waals surface area contributed by atoms with Crippen LogP contribution in [0.15, 0.2) is 48.5 Å². The first-order chi connectivity index (χ1) is 14.2. The maximum Gasteiger partial charge on any atom is 0.191 e. The summed E-state index contributed by atoms with van der Waals surface area (Å²) >= 11 is 0. The molecule has 0 aliphatic heterocycles. The molecule has 0 N–H and O–H groups in total. The number of unbranched alkanes of at least 4 members (excludes halogenated alkanes) is 6. The van der Waals surface area contributed by atoms with E-state index in [0.717, 1.165) is 24.0 Å². The molecule has 0 radical (unpaired) electrons. The van der Waals surface area contributed by atoms with Crippen LogP contribution < -0.4 is 0 Å². The van der Waals surface area contributed by atoms with Crippen LogP contribution in [0.3, 0.4) is 0 Å². The second-order valence-corrected chi connectivity index (χ2v) is 8.02. The lowest BCUT2D eigenvalue weighted by atomic mass is 9.99. The Morgan fingerprint density at radius 2 is 1.31 bits per heavy atom. The Kier molecular flexibility index (Phi) is 10.7. The van der Waals surface area contributed by atoms with Gasteiger partial charge in [0.05, 0.1) is 0 Å². The highest BCUT2D eigenvalue weighted by molar-refractivity contribution is 5.99. The van der Waals surface area contributed by atoms with Crippen LogP contribution in [0.1, 0.15) is 88.1 Å². The molecule has 0 saturated carbocycles. The molecule has 2 nitrogen and oxygen atoms in total. The van der Waals surface area contributed by atoms with E-state index in [4.69, 9.17) is 4.74 Å².